The van der Waals surface area contributed by atoms with Crippen LogP contribution in [0.1, 0.15) is 53.4 Å². The van der Waals surface area contributed by atoms with Gasteiger partial charge in [-0.05, 0) is 0 Å². The third kappa shape index (κ3) is 9.33. The summed E-state index contributed by atoms with van der Waals surface area (Å²) < 4.78 is 2.74. The van der Waals surface area contributed by atoms with Crippen molar-refractivity contribution in [1.29, 1.82) is 0 Å². The number of rotatable bonds is 12. The van der Waals surface area contributed by atoms with Gasteiger partial charge < -0.3 is 0 Å². The molecule has 0 aromatic carbocycles. The third-order valence-corrected chi connectivity index (χ3v) is 24.3. The molecule has 0 amide bonds. The molecule has 0 aromatic rings. The van der Waals surface area contributed by atoms with Crippen molar-refractivity contribution in [2.45, 2.75) is 62.3 Å². The number of hydrogen-bond donors (Lipinski definition) is 0. The van der Waals surface area contributed by atoms with Gasteiger partial charge in [-0.3, -0.25) is 0 Å². The summed E-state index contributed by atoms with van der Waals surface area (Å²) in [5.74, 6) is 1.26. The van der Waals surface area contributed by atoms with Crippen molar-refractivity contribution in [3.8, 4) is 0 Å². The zero-order chi connectivity index (χ0) is 13.9. The molecule has 0 fully saturated rings. The summed E-state index contributed by atoms with van der Waals surface area (Å²) in [6, 6.07) is 0. The SMILES string of the molecule is CCC[CH2][Sn]([Cl])([CH2]CCC)[S]CCN(CC)CC. The van der Waals surface area contributed by atoms with Crippen LogP contribution in [0, 0.1) is 0 Å². The molecular weight excluding hydrogens is 368 g/mol. The van der Waals surface area contributed by atoms with Crippen molar-refractivity contribution < 1.29 is 0 Å². The molecule has 0 heterocycles. The second-order valence-corrected chi connectivity index (χ2v) is 27.6. The van der Waals surface area contributed by atoms with Gasteiger partial charge in [-0.2, -0.15) is 0 Å². The van der Waals surface area contributed by atoms with Crippen molar-refractivity contribution in [3.63, 3.8) is 0 Å². The van der Waals surface area contributed by atoms with Crippen LogP contribution >= 0.6 is 17.9 Å². The molecule has 0 spiro atoms. The first-order chi connectivity index (χ1) is 8.61. The Bertz CT molecular complexity index is 181. The molecule has 110 valence electrons. The van der Waals surface area contributed by atoms with E-state index >= 15 is 0 Å². The molecule has 1 nitrogen and oxygen atoms in total. The molecule has 0 atom stereocenters. The van der Waals surface area contributed by atoms with Gasteiger partial charge in [-0.25, -0.2) is 0 Å². The van der Waals surface area contributed by atoms with Crippen molar-refractivity contribution in [2.75, 3.05) is 25.4 Å². The normalized spacial score (nSPS) is 12.3. The van der Waals surface area contributed by atoms with Gasteiger partial charge in [0, 0.05) is 0 Å². The number of unbranched alkanes of at least 4 members (excludes halogenated alkanes) is 2. The summed E-state index contributed by atoms with van der Waals surface area (Å²) in [6.07, 6.45) is 5.30. The predicted molar refractivity (Wildman–Crippen MR) is 91.3 cm³/mol. The predicted octanol–water partition coefficient (Wildman–Crippen LogP) is 5.34. The van der Waals surface area contributed by atoms with Crippen LogP contribution in [-0.2, 0) is 0 Å². The quantitative estimate of drug-likeness (QED) is 0.407. The van der Waals surface area contributed by atoms with Gasteiger partial charge >= 0.3 is 126 Å². The summed E-state index contributed by atoms with van der Waals surface area (Å²) in [5, 5.41) is 0. The number of halogens is 1. The van der Waals surface area contributed by atoms with Crippen LogP contribution in [0.25, 0.3) is 0 Å². The van der Waals surface area contributed by atoms with Gasteiger partial charge in [-0.15, -0.1) is 0 Å². The average molecular weight is 401 g/mol. The Labute approximate surface area is 125 Å². The minimum absolute atomic E-state index is 1.17. The Morgan fingerprint density at radius 3 is 1.83 bits per heavy atom. The Morgan fingerprint density at radius 1 is 0.944 bits per heavy atom. The van der Waals surface area contributed by atoms with Gasteiger partial charge in [-0.1, -0.05) is 0 Å². The first kappa shape index (κ1) is 19.4. The second-order valence-electron chi connectivity index (χ2n) is 4.97. The Kier molecular flexibility index (Phi) is 13.1. The number of hydrogen-bond acceptors (Lipinski definition) is 2. The Hall–Kier alpha value is 1.40. The van der Waals surface area contributed by atoms with Crippen LogP contribution in [0.3, 0.4) is 0 Å². The third-order valence-electron chi connectivity index (χ3n) is 3.47. The summed E-state index contributed by atoms with van der Waals surface area (Å²) in [7, 11) is 9.22. The van der Waals surface area contributed by atoms with E-state index in [2.05, 4.69) is 41.5 Å². The molecule has 0 saturated carbocycles. The fourth-order valence-electron chi connectivity index (χ4n) is 2.05. The van der Waals surface area contributed by atoms with E-state index in [1.165, 1.54) is 59.9 Å². The van der Waals surface area contributed by atoms with Gasteiger partial charge in [0.1, 0.15) is 0 Å². The van der Waals surface area contributed by atoms with Gasteiger partial charge in [0.05, 0.1) is 0 Å². The molecule has 18 heavy (non-hydrogen) atoms. The topological polar surface area (TPSA) is 3.24 Å². The second kappa shape index (κ2) is 12.2. The average Bonchev–Trinajstić information content (AvgIpc) is 2.39. The van der Waals surface area contributed by atoms with E-state index < -0.39 is 15.9 Å². The molecule has 0 unspecified atom stereocenters. The first-order valence-electron chi connectivity index (χ1n) is 7.67. The van der Waals surface area contributed by atoms with Crippen LogP contribution in [-0.4, -0.2) is 46.2 Å². The zero-order valence-electron chi connectivity index (χ0n) is 12.8. The van der Waals surface area contributed by atoms with Crippen molar-refractivity contribution >= 4 is 33.7 Å². The van der Waals surface area contributed by atoms with Crippen LogP contribution in [0.2, 0.25) is 8.87 Å². The molecule has 0 aliphatic heterocycles. The fourth-order valence-corrected chi connectivity index (χ4v) is 20.5. The van der Waals surface area contributed by atoms with E-state index in [9.17, 15) is 0 Å². The summed E-state index contributed by atoms with van der Waals surface area (Å²) in [5.41, 5.74) is 0. The van der Waals surface area contributed by atoms with E-state index in [1.54, 1.807) is 0 Å². The molecule has 0 rings (SSSR count). The van der Waals surface area contributed by atoms with Crippen LogP contribution in [0.4, 0.5) is 0 Å². The van der Waals surface area contributed by atoms with Crippen molar-refractivity contribution in [3.05, 3.63) is 0 Å². The standard InChI is InChI=1S/C6H15NS.2C4H9.ClH.Sn/c1-3-7(4-2)5-6-8;2*1-3-4-2;;/h8H,3-6H2,1-2H3;2*1,3-4H2,2H3;1H;/q;;;;+2/p-2. The van der Waals surface area contributed by atoms with Crippen LogP contribution < -0.4 is 0 Å². The van der Waals surface area contributed by atoms with E-state index in [0.717, 1.165) is 0 Å². The molecule has 0 aliphatic carbocycles. The molecular formula is C14H32ClNSSn. The van der Waals surface area contributed by atoms with E-state index in [1.807, 2.05) is 0 Å². The summed E-state index contributed by atoms with van der Waals surface area (Å²) in [4.78, 5) is 2.51. The van der Waals surface area contributed by atoms with Gasteiger partial charge in [0.25, 0.3) is 0 Å². The molecule has 0 aliphatic rings. The molecule has 0 saturated heterocycles. The molecule has 0 N–H and O–H groups in total. The maximum atomic E-state index is 7.02. The molecule has 0 radical (unpaired) electrons. The van der Waals surface area contributed by atoms with Gasteiger partial charge in [0.15, 0.2) is 0 Å². The van der Waals surface area contributed by atoms with E-state index in [4.69, 9.17) is 8.92 Å². The monoisotopic (exact) mass is 401 g/mol. The van der Waals surface area contributed by atoms with Gasteiger partial charge in [0.2, 0.25) is 0 Å². The first-order valence-corrected chi connectivity index (χ1v) is 19.8. The molecule has 4 heteroatoms. The minimum atomic E-state index is -2.30. The van der Waals surface area contributed by atoms with Crippen molar-refractivity contribution in [1.82, 2.24) is 4.90 Å². The molecule has 0 bridgehead atoms. The van der Waals surface area contributed by atoms with E-state index in [-0.39, 0.29) is 0 Å². The van der Waals surface area contributed by atoms with E-state index in [0.29, 0.717) is 0 Å². The maximum absolute atomic E-state index is 7.02. The number of nitrogens with zero attached hydrogens (tertiary/aromatic N) is 1. The summed E-state index contributed by atoms with van der Waals surface area (Å²) >= 11 is -2.30. The fraction of sp³-hybridized carbons (Fsp3) is 1.00. The Balaban J connectivity index is 4.05. The Morgan fingerprint density at radius 2 is 1.44 bits per heavy atom. The summed E-state index contributed by atoms with van der Waals surface area (Å²) in [6.45, 7) is 12.6. The van der Waals surface area contributed by atoms with Crippen LogP contribution in [0.5, 0.6) is 0 Å². The molecule has 0 aromatic heterocycles. The van der Waals surface area contributed by atoms with Crippen molar-refractivity contribution in [2.24, 2.45) is 0 Å². The zero-order valence-corrected chi connectivity index (χ0v) is 17.2. The van der Waals surface area contributed by atoms with Crippen LogP contribution in [0.15, 0.2) is 0 Å².